The summed E-state index contributed by atoms with van der Waals surface area (Å²) in [4.78, 5) is 4.05. The van der Waals surface area contributed by atoms with Crippen LogP contribution in [0.1, 0.15) is 0 Å². The Labute approximate surface area is 71.7 Å². The lowest BCUT2D eigenvalue weighted by Gasteiger charge is -2.25. The van der Waals surface area contributed by atoms with Crippen molar-refractivity contribution in [2.24, 2.45) is 0 Å². The van der Waals surface area contributed by atoms with Gasteiger partial charge >= 0.3 is 0 Å². The summed E-state index contributed by atoms with van der Waals surface area (Å²) in [6, 6.07) is 3.98. The molecule has 0 atom stereocenters. The molecule has 0 saturated heterocycles. The van der Waals surface area contributed by atoms with Gasteiger partial charge in [0.2, 0.25) is 0 Å². The van der Waals surface area contributed by atoms with Crippen molar-refractivity contribution in [3.05, 3.63) is 36.7 Å². The van der Waals surface area contributed by atoms with E-state index in [-0.39, 0.29) is 0 Å². The van der Waals surface area contributed by atoms with Crippen LogP contribution in [0.15, 0.2) is 36.7 Å². The number of hydrogen-bond acceptors (Lipinski definition) is 3. The third-order valence-corrected chi connectivity index (χ3v) is 1.81. The summed E-state index contributed by atoms with van der Waals surface area (Å²) in [6.07, 6.45) is 7.89. The van der Waals surface area contributed by atoms with E-state index < -0.39 is 0 Å². The van der Waals surface area contributed by atoms with Crippen LogP contribution in [-0.4, -0.2) is 18.1 Å². The van der Waals surface area contributed by atoms with Crippen LogP contribution >= 0.6 is 0 Å². The summed E-state index contributed by atoms with van der Waals surface area (Å²) in [6.45, 7) is 1.81. The second kappa shape index (κ2) is 3.36. The van der Waals surface area contributed by atoms with Gasteiger partial charge in [0.05, 0.1) is 18.4 Å². The molecule has 1 N–H and O–H groups in total. The molecule has 0 radical (unpaired) electrons. The van der Waals surface area contributed by atoms with E-state index in [0.29, 0.717) is 0 Å². The van der Waals surface area contributed by atoms with Crippen molar-refractivity contribution in [1.29, 1.82) is 0 Å². The van der Waals surface area contributed by atoms with Crippen LogP contribution in [0.3, 0.4) is 0 Å². The quantitative estimate of drug-likeness (QED) is 0.622. The van der Waals surface area contributed by atoms with Crippen molar-refractivity contribution in [2.75, 3.05) is 18.1 Å². The maximum Gasteiger partial charge on any atom is 0.0706 e. The fourth-order valence-corrected chi connectivity index (χ4v) is 1.20. The molecule has 0 saturated carbocycles. The zero-order chi connectivity index (χ0) is 8.23. The third kappa shape index (κ3) is 1.46. The van der Waals surface area contributed by atoms with Gasteiger partial charge in [-0.1, -0.05) is 12.2 Å². The van der Waals surface area contributed by atoms with Gasteiger partial charge < -0.3 is 5.01 Å². The maximum absolute atomic E-state index is 4.05. The third-order valence-electron chi connectivity index (χ3n) is 1.81. The largest absolute Gasteiger partial charge is 0.303 e. The maximum atomic E-state index is 4.05. The van der Waals surface area contributed by atoms with E-state index in [1.54, 1.807) is 6.20 Å². The van der Waals surface area contributed by atoms with Crippen LogP contribution in [0.5, 0.6) is 0 Å². The van der Waals surface area contributed by atoms with Gasteiger partial charge in [0, 0.05) is 12.7 Å². The van der Waals surface area contributed by atoms with Crippen LogP contribution in [0.2, 0.25) is 0 Å². The minimum Gasteiger partial charge on any atom is -0.303 e. The van der Waals surface area contributed by atoms with Crippen LogP contribution in [0.25, 0.3) is 0 Å². The summed E-state index contributed by atoms with van der Waals surface area (Å²) in [5.41, 5.74) is 4.35. The number of nitrogens with one attached hydrogen (secondary N) is 1. The van der Waals surface area contributed by atoms with Gasteiger partial charge in [-0.2, -0.15) is 0 Å². The fourth-order valence-electron chi connectivity index (χ4n) is 1.20. The number of pyridine rings is 1. The molecule has 0 spiro atoms. The Morgan fingerprint density at radius 1 is 1.42 bits per heavy atom. The molecule has 1 aliphatic rings. The molecule has 1 aromatic rings. The van der Waals surface area contributed by atoms with E-state index in [1.165, 1.54) is 0 Å². The molecule has 62 valence electrons. The minimum atomic E-state index is 0.898. The number of rotatable bonds is 1. The molecule has 0 aromatic carbocycles. The molecule has 2 rings (SSSR count). The van der Waals surface area contributed by atoms with E-state index in [4.69, 9.17) is 0 Å². The molecule has 0 fully saturated rings. The molecule has 0 aliphatic carbocycles. The Morgan fingerprint density at radius 2 is 2.42 bits per heavy atom. The van der Waals surface area contributed by atoms with E-state index in [9.17, 15) is 0 Å². The van der Waals surface area contributed by atoms with Gasteiger partial charge in [-0.15, -0.1) is 0 Å². The summed E-state index contributed by atoms with van der Waals surface area (Å²) >= 11 is 0. The van der Waals surface area contributed by atoms with Crippen LogP contribution in [0, 0.1) is 0 Å². The smallest absolute Gasteiger partial charge is 0.0706 e. The fraction of sp³-hybridized carbons (Fsp3) is 0.222. The van der Waals surface area contributed by atoms with Crippen molar-refractivity contribution in [3.63, 3.8) is 0 Å². The first kappa shape index (κ1) is 7.31. The average Bonchev–Trinajstić information content (AvgIpc) is 2.21. The van der Waals surface area contributed by atoms with E-state index in [2.05, 4.69) is 27.6 Å². The number of aromatic nitrogens is 1. The molecule has 2 heterocycles. The Bertz CT molecular complexity index is 268. The standard InChI is InChI=1S/C9H11N3/c1-2-7-12(11-6-1)9-4-3-5-10-8-9/h1-5,8,11H,6-7H2. The highest BCUT2D eigenvalue weighted by molar-refractivity contribution is 5.43. The highest BCUT2D eigenvalue weighted by atomic mass is 15.5. The molecule has 3 heteroatoms. The lowest BCUT2D eigenvalue weighted by molar-refractivity contribution is 0.683. The van der Waals surface area contributed by atoms with Crippen LogP contribution in [-0.2, 0) is 0 Å². The lowest BCUT2D eigenvalue weighted by Crippen LogP contribution is -2.40. The predicted molar refractivity (Wildman–Crippen MR) is 48.7 cm³/mol. The molecule has 0 bridgehead atoms. The number of nitrogens with zero attached hydrogens (tertiary/aromatic N) is 2. The van der Waals surface area contributed by atoms with E-state index >= 15 is 0 Å². The Kier molecular flexibility index (Phi) is 2.05. The Balaban J connectivity index is 2.15. The Hall–Kier alpha value is -1.35. The topological polar surface area (TPSA) is 28.2 Å². The first-order valence-electron chi connectivity index (χ1n) is 4.03. The first-order valence-corrected chi connectivity index (χ1v) is 4.03. The molecular weight excluding hydrogens is 150 g/mol. The van der Waals surface area contributed by atoms with Gasteiger partial charge in [-0.25, -0.2) is 5.43 Å². The molecule has 12 heavy (non-hydrogen) atoms. The molecular formula is C9H11N3. The van der Waals surface area contributed by atoms with Crippen molar-refractivity contribution in [1.82, 2.24) is 10.4 Å². The summed E-state index contributed by atoms with van der Waals surface area (Å²) < 4.78 is 0. The van der Waals surface area contributed by atoms with Gasteiger partial charge in [0.1, 0.15) is 0 Å². The zero-order valence-electron chi connectivity index (χ0n) is 6.77. The zero-order valence-corrected chi connectivity index (χ0v) is 6.77. The molecule has 1 aliphatic heterocycles. The van der Waals surface area contributed by atoms with Crippen molar-refractivity contribution in [3.8, 4) is 0 Å². The minimum absolute atomic E-state index is 0.898. The second-order valence-corrected chi connectivity index (χ2v) is 2.66. The summed E-state index contributed by atoms with van der Waals surface area (Å²) in [5, 5.41) is 2.08. The SMILES string of the molecule is C1=CCN(c2cccnc2)NC1. The highest BCUT2D eigenvalue weighted by Crippen LogP contribution is 2.09. The van der Waals surface area contributed by atoms with Gasteiger partial charge in [0.25, 0.3) is 0 Å². The highest BCUT2D eigenvalue weighted by Gasteiger charge is 2.04. The monoisotopic (exact) mass is 161 g/mol. The van der Waals surface area contributed by atoms with Gasteiger partial charge in [-0.3, -0.25) is 4.98 Å². The van der Waals surface area contributed by atoms with Gasteiger partial charge in [0.15, 0.2) is 0 Å². The lowest BCUT2D eigenvalue weighted by atomic mass is 10.3. The molecule has 3 nitrogen and oxygen atoms in total. The van der Waals surface area contributed by atoms with Gasteiger partial charge in [-0.05, 0) is 12.1 Å². The van der Waals surface area contributed by atoms with E-state index in [0.717, 1.165) is 18.8 Å². The van der Waals surface area contributed by atoms with Crippen molar-refractivity contribution < 1.29 is 0 Å². The first-order chi connectivity index (χ1) is 5.97. The number of hydrogen-bond donors (Lipinski definition) is 1. The van der Waals surface area contributed by atoms with Crippen molar-refractivity contribution >= 4 is 5.69 Å². The predicted octanol–water partition coefficient (Wildman–Crippen LogP) is 0.962. The second-order valence-electron chi connectivity index (χ2n) is 2.66. The van der Waals surface area contributed by atoms with Crippen LogP contribution < -0.4 is 10.4 Å². The summed E-state index contributed by atoms with van der Waals surface area (Å²) in [5.74, 6) is 0. The molecule has 0 unspecified atom stereocenters. The molecule has 0 amide bonds. The molecule has 1 aromatic heterocycles. The Morgan fingerprint density at radius 3 is 3.08 bits per heavy atom. The average molecular weight is 161 g/mol. The normalized spacial score (nSPS) is 16.5. The number of anilines is 1. The number of hydrazine groups is 1. The van der Waals surface area contributed by atoms with Crippen LogP contribution in [0.4, 0.5) is 5.69 Å². The van der Waals surface area contributed by atoms with E-state index in [1.807, 2.05) is 18.3 Å². The summed E-state index contributed by atoms with van der Waals surface area (Å²) in [7, 11) is 0. The van der Waals surface area contributed by atoms with Crippen molar-refractivity contribution in [2.45, 2.75) is 0 Å².